The summed E-state index contributed by atoms with van der Waals surface area (Å²) in [7, 11) is 0. The van der Waals surface area contributed by atoms with E-state index >= 15 is 0 Å². The summed E-state index contributed by atoms with van der Waals surface area (Å²) in [4.78, 5) is 31.7. The Morgan fingerprint density at radius 3 is 2.47 bits per heavy atom. The number of ketones is 1. The van der Waals surface area contributed by atoms with E-state index in [1.807, 2.05) is 0 Å². The number of nitro groups is 1. The van der Waals surface area contributed by atoms with Gasteiger partial charge in [0.05, 0.1) is 10.5 Å². The molecule has 0 saturated carbocycles. The molecule has 0 aromatic heterocycles. The highest BCUT2D eigenvalue weighted by atomic mass is 16.6. The van der Waals surface area contributed by atoms with Crippen molar-refractivity contribution in [3.8, 4) is 0 Å². The molecule has 0 N–H and O–H groups in total. The lowest BCUT2D eigenvalue weighted by molar-refractivity contribution is -0.385. The average molecular weight is 207 g/mol. The smallest absolute Gasteiger partial charge is 0.280 e. The van der Waals surface area contributed by atoms with Crippen molar-refractivity contribution >= 4 is 17.8 Å². The summed E-state index contributed by atoms with van der Waals surface area (Å²) in [6.45, 7) is 2.81. The molecule has 1 aromatic rings. The molecular formula is C10H9NO4. The molecule has 0 atom stereocenters. The molecule has 0 saturated heterocycles. The number of rotatable bonds is 3. The first-order chi connectivity index (χ1) is 6.97. The maximum atomic E-state index is 11.1. The van der Waals surface area contributed by atoms with Crippen LogP contribution in [0, 0.1) is 17.0 Å². The van der Waals surface area contributed by atoms with Crippen molar-refractivity contribution in [2.24, 2.45) is 0 Å². The van der Waals surface area contributed by atoms with Crippen LogP contribution < -0.4 is 0 Å². The van der Waals surface area contributed by atoms with E-state index in [-0.39, 0.29) is 11.3 Å². The maximum Gasteiger partial charge on any atom is 0.280 e. The molecule has 15 heavy (non-hydrogen) atoms. The fraction of sp³-hybridized carbons (Fsp3) is 0.200. The predicted molar refractivity (Wildman–Crippen MR) is 53.2 cm³/mol. The monoisotopic (exact) mass is 207 g/mol. The third kappa shape index (κ3) is 2.07. The van der Waals surface area contributed by atoms with E-state index in [9.17, 15) is 19.7 Å². The maximum absolute atomic E-state index is 11.1. The third-order valence-corrected chi connectivity index (χ3v) is 2.09. The van der Waals surface area contributed by atoms with Crippen LogP contribution in [0.1, 0.15) is 33.2 Å². The Balaban J connectivity index is 3.52. The van der Waals surface area contributed by atoms with Crippen LogP contribution in [-0.2, 0) is 0 Å². The second kappa shape index (κ2) is 4.00. The second-order valence-corrected chi connectivity index (χ2v) is 3.16. The first-order valence-electron chi connectivity index (χ1n) is 4.22. The quantitative estimate of drug-likeness (QED) is 0.328. The highest BCUT2D eigenvalue weighted by molar-refractivity contribution is 5.99. The summed E-state index contributed by atoms with van der Waals surface area (Å²) in [5, 5.41) is 10.6. The molecule has 5 nitrogen and oxygen atoms in total. The minimum absolute atomic E-state index is 0.0345. The van der Waals surface area contributed by atoms with Gasteiger partial charge in [0.15, 0.2) is 5.78 Å². The number of aryl methyl sites for hydroxylation is 1. The fourth-order valence-corrected chi connectivity index (χ4v) is 1.27. The molecule has 0 fully saturated rings. The fourth-order valence-electron chi connectivity index (χ4n) is 1.27. The number of carbonyl (C=O) groups is 2. The van der Waals surface area contributed by atoms with Crippen molar-refractivity contribution in [3.63, 3.8) is 0 Å². The van der Waals surface area contributed by atoms with Gasteiger partial charge in [-0.15, -0.1) is 0 Å². The Hall–Kier alpha value is -2.04. The molecule has 78 valence electrons. The lowest BCUT2D eigenvalue weighted by Gasteiger charge is -2.02. The van der Waals surface area contributed by atoms with E-state index in [2.05, 4.69) is 0 Å². The normalized spacial score (nSPS) is 9.73. The number of aldehydes is 1. The van der Waals surface area contributed by atoms with E-state index in [1.165, 1.54) is 19.1 Å². The third-order valence-electron chi connectivity index (χ3n) is 2.09. The van der Waals surface area contributed by atoms with Crippen LogP contribution in [0.15, 0.2) is 12.1 Å². The number of Topliss-reactive ketones (excluding diaryl/α,β-unsaturated/α-hetero) is 1. The molecule has 0 heterocycles. The molecule has 0 bridgehead atoms. The first-order valence-corrected chi connectivity index (χ1v) is 4.22. The predicted octanol–water partition coefficient (Wildman–Crippen LogP) is 1.92. The molecule has 0 aliphatic carbocycles. The van der Waals surface area contributed by atoms with Crippen molar-refractivity contribution < 1.29 is 14.5 Å². The lowest BCUT2D eigenvalue weighted by Crippen LogP contribution is -2.02. The molecule has 0 spiro atoms. The summed E-state index contributed by atoms with van der Waals surface area (Å²) in [5.41, 5.74) is 0.491. The average Bonchev–Trinajstić information content (AvgIpc) is 2.16. The van der Waals surface area contributed by atoms with E-state index in [0.717, 1.165) is 0 Å². The summed E-state index contributed by atoms with van der Waals surface area (Å²) >= 11 is 0. The zero-order chi connectivity index (χ0) is 11.6. The molecule has 1 aromatic carbocycles. The summed E-state index contributed by atoms with van der Waals surface area (Å²) < 4.78 is 0. The van der Waals surface area contributed by atoms with Crippen molar-refractivity contribution in [2.75, 3.05) is 0 Å². The van der Waals surface area contributed by atoms with Crippen molar-refractivity contribution in [1.29, 1.82) is 0 Å². The minimum atomic E-state index is -0.627. The highest BCUT2D eigenvalue weighted by Gasteiger charge is 2.19. The van der Waals surface area contributed by atoms with Gasteiger partial charge in [0.25, 0.3) is 5.69 Å². The van der Waals surface area contributed by atoms with Crippen molar-refractivity contribution in [1.82, 2.24) is 0 Å². The van der Waals surface area contributed by atoms with E-state index in [4.69, 9.17) is 0 Å². The Kier molecular flexibility index (Phi) is 2.94. The Bertz CT molecular complexity index is 451. The van der Waals surface area contributed by atoms with Gasteiger partial charge in [-0.2, -0.15) is 0 Å². The number of hydrogen-bond acceptors (Lipinski definition) is 4. The second-order valence-electron chi connectivity index (χ2n) is 3.16. The van der Waals surface area contributed by atoms with Crippen LogP contribution in [0.2, 0.25) is 0 Å². The van der Waals surface area contributed by atoms with Crippen LogP contribution in [0.3, 0.4) is 0 Å². The number of nitro benzene ring substituents is 1. The zero-order valence-electron chi connectivity index (χ0n) is 8.31. The number of carbonyl (C=O) groups excluding carboxylic acids is 2. The lowest BCUT2D eigenvalue weighted by atomic mass is 10.0. The van der Waals surface area contributed by atoms with Gasteiger partial charge in [-0.3, -0.25) is 19.7 Å². The molecule has 1 rings (SSSR count). The van der Waals surface area contributed by atoms with Crippen molar-refractivity contribution in [2.45, 2.75) is 13.8 Å². The van der Waals surface area contributed by atoms with Gasteiger partial charge in [0.1, 0.15) is 6.29 Å². The topological polar surface area (TPSA) is 77.3 Å². The molecule has 0 unspecified atom stereocenters. The minimum Gasteiger partial charge on any atom is -0.298 e. The van der Waals surface area contributed by atoms with Gasteiger partial charge in [-0.05, 0) is 25.5 Å². The van der Waals surface area contributed by atoms with Crippen molar-refractivity contribution in [3.05, 3.63) is 38.9 Å². The van der Waals surface area contributed by atoms with Gasteiger partial charge < -0.3 is 0 Å². The van der Waals surface area contributed by atoms with E-state index < -0.39 is 10.7 Å². The highest BCUT2D eigenvalue weighted by Crippen LogP contribution is 2.22. The number of nitrogens with zero attached hydrogens (tertiary/aromatic N) is 1. The largest absolute Gasteiger partial charge is 0.298 e. The summed E-state index contributed by atoms with van der Waals surface area (Å²) in [6, 6.07) is 2.49. The van der Waals surface area contributed by atoms with Gasteiger partial charge >= 0.3 is 0 Å². The molecular weight excluding hydrogens is 198 g/mol. The first kappa shape index (κ1) is 11.0. The molecule has 0 amide bonds. The standard InChI is InChI=1S/C10H9NO4/c1-6-3-10(11(14)15)9(7(2)13)4-8(6)5-12/h3-5H,1-2H3. The molecule has 0 aliphatic rings. The van der Waals surface area contributed by atoms with Crippen LogP contribution >= 0.6 is 0 Å². The Labute approximate surface area is 85.9 Å². The van der Waals surface area contributed by atoms with Gasteiger partial charge in [0, 0.05) is 11.6 Å². The number of hydrogen-bond donors (Lipinski definition) is 0. The van der Waals surface area contributed by atoms with Crippen LogP contribution in [0.5, 0.6) is 0 Å². The van der Waals surface area contributed by atoms with Crippen LogP contribution in [-0.4, -0.2) is 17.0 Å². The molecule has 0 radical (unpaired) electrons. The SMILES string of the molecule is CC(=O)c1cc(C=O)c(C)cc1[N+](=O)[O-]. The molecule has 0 aliphatic heterocycles. The van der Waals surface area contributed by atoms with Gasteiger partial charge in [-0.1, -0.05) is 0 Å². The van der Waals surface area contributed by atoms with Gasteiger partial charge in [0.2, 0.25) is 0 Å². The summed E-state index contributed by atoms with van der Waals surface area (Å²) in [6.07, 6.45) is 0.575. The molecule has 5 heteroatoms. The number of benzene rings is 1. The van der Waals surface area contributed by atoms with Crippen LogP contribution in [0.4, 0.5) is 5.69 Å². The Morgan fingerprint density at radius 2 is 2.07 bits per heavy atom. The van der Waals surface area contributed by atoms with Crippen LogP contribution in [0.25, 0.3) is 0 Å². The Morgan fingerprint density at radius 1 is 1.47 bits per heavy atom. The van der Waals surface area contributed by atoms with E-state index in [0.29, 0.717) is 17.4 Å². The van der Waals surface area contributed by atoms with Gasteiger partial charge in [-0.25, -0.2) is 0 Å². The zero-order valence-corrected chi connectivity index (χ0v) is 8.31. The van der Waals surface area contributed by atoms with E-state index in [1.54, 1.807) is 6.92 Å². The summed E-state index contributed by atoms with van der Waals surface area (Å²) in [5.74, 6) is -0.426.